The summed E-state index contributed by atoms with van der Waals surface area (Å²) in [6.07, 6.45) is 2.10. The molecule has 0 N–H and O–H groups in total. The average molecular weight is 384 g/mol. The zero-order valence-corrected chi connectivity index (χ0v) is 16.5. The van der Waals surface area contributed by atoms with Crippen molar-refractivity contribution in [2.45, 2.75) is 42.4 Å². The van der Waals surface area contributed by atoms with Gasteiger partial charge in [-0.05, 0) is 72.7 Å². The van der Waals surface area contributed by atoms with Gasteiger partial charge in [-0.3, -0.25) is 0 Å². The molecule has 0 amide bonds. The number of hydrogen-bond donors (Lipinski definition) is 0. The van der Waals surface area contributed by atoms with E-state index >= 15 is 0 Å². The quantitative estimate of drug-likeness (QED) is 0.586. The maximum atomic E-state index is 12.7. The van der Waals surface area contributed by atoms with Crippen molar-refractivity contribution in [3.05, 3.63) is 59.1 Å². The molecule has 2 rings (SSSR count). The van der Waals surface area contributed by atoms with E-state index in [1.54, 1.807) is 43.4 Å². The van der Waals surface area contributed by atoms with E-state index in [9.17, 15) is 8.42 Å². The van der Waals surface area contributed by atoms with Crippen molar-refractivity contribution in [2.75, 3.05) is 7.05 Å². The Bertz CT molecular complexity index is 755. The Kier molecular flexibility index (Phi) is 6.75. The zero-order valence-electron chi connectivity index (χ0n) is 14.1. The van der Waals surface area contributed by atoms with Gasteiger partial charge >= 0.3 is 0 Å². The number of nitrogens with zero attached hydrogens (tertiary/aromatic N) is 1. The molecule has 0 radical (unpaired) electrons. The Balaban J connectivity index is 2.18. The molecular formula is C18H22ClNO2S2. The Morgan fingerprint density at radius 1 is 1.00 bits per heavy atom. The summed E-state index contributed by atoms with van der Waals surface area (Å²) in [5, 5.41) is 0.627. The van der Waals surface area contributed by atoms with E-state index < -0.39 is 10.0 Å². The van der Waals surface area contributed by atoms with Crippen LogP contribution < -0.4 is 0 Å². The Hall–Kier alpha value is -1.01. The van der Waals surface area contributed by atoms with Crippen molar-refractivity contribution in [3.63, 3.8) is 0 Å². The monoisotopic (exact) mass is 383 g/mol. The molecule has 0 aromatic heterocycles. The largest absolute Gasteiger partial charge is 0.252 e. The molecule has 3 nitrogen and oxygen atoms in total. The molecular weight excluding hydrogens is 362 g/mol. The van der Waals surface area contributed by atoms with Gasteiger partial charge in [-0.2, -0.15) is 0 Å². The van der Waals surface area contributed by atoms with Crippen LogP contribution in [0, 0.1) is 0 Å². The van der Waals surface area contributed by atoms with E-state index in [1.165, 1.54) is 9.27 Å². The molecule has 24 heavy (non-hydrogen) atoms. The van der Waals surface area contributed by atoms with Gasteiger partial charge in [0.1, 0.15) is 0 Å². The van der Waals surface area contributed by atoms with Crippen molar-refractivity contribution in [3.8, 4) is 0 Å². The molecule has 0 heterocycles. The van der Waals surface area contributed by atoms with Crippen molar-refractivity contribution >= 4 is 33.6 Å². The SMILES string of the molecule is CCC(CC)c1ccc(S(=O)(=O)N(C)Sc2ccc(Cl)cc2)cc1. The second-order valence-corrected chi connectivity index (χ2v) is 9.38. The van der Waals surface area contributed by atoms with Gasteiger partial charge in [-0.1, -0.05) is 37.6 Å². The molecule has 0 saturated carbocycles. The Morgan fingerprint density at radius 2 is 1.54 bits per heavy atom. The summed E-state index contributed by atoms with van der Waals surface area (Å²) in [5.41, 5.74) is 1.19. The van der Waals surface area contributed by atoms with E-state index in [-0.39, 0.29) is 0 Å². The van der Waals surface area contributed by atoms with Crippen LogP contribution in [0.15, 0.2) is 58.3 Å². The first-order chi connectivity index (χ1) is 11.4. The fraction of sp³-hybridized carbons (Fsp3) is 0.333. The van der Waals surface area contributed by atoms with Crippen LogP contribution in [0.3, 0.4) is 0 Å². The van der Waals surface area contributed by atoms with Gasteiger partial charge < -0.3 is 0 Å². The molecule has 0 atom stereocenters. The van der Waals surface area contributed by atoms with Gasteiger partial charge in [0.15, 0.2) is 0 Å². The third-order valence-electron chi connectivity index (χ3n) is 4.02. The van der Waals surface area contributed by atoms with Crippen LogP contribution in [-0.4, -0.2) is 19.2 Å². The van der Waals surface area contributed by atoms with Gasteiger partial charge in [0.2, 0.25) is 0 Å². The first kappa shape index (κ1) is 19.3. The van der Waals surface area contributed by atoms with Crippen LogP contribution in [0.25, 0.3) is 0 Å². The lowest BCUT2D eigenvalue weighted by Crippen LogP contribution is -2.20. The van der Waals surface area contributed by atoms with Gasteiger partial charge in [-0.25, -0.2) is 8.42 Å². The normalized spacial score (nSPS) is 12.1. The van der Waals surface area contributed by atoms with E-state index in [0.717, 1.165) is 29.7 Å². The minimum Gasteiger partial charge on any atom is -0.206 e. The summed E-state index contributed by atoms with van der Waals surface area (Å²) in [7, 11) is -1.98. The molecule has 0 bridgehead atoms. The van der Waals surface area contributed by atoms with Gasteiger partial charge in [-0.15, -0.1) is 3.71 Å². The Labute approximate surface area is 154 Å². The molecule has 130 valence electrons. The van der Waals surface area contributed by atoms with Crippen LogP contribution in [-0.2, 0) is 10.0 Å². The van der Waals surface area contributed by atoms with Crippen molar-refractivity contribution in [1.29, 1.82) is 0 Å². The first-order valence-electron chi connectivity index (χ1n) is 7.91. The third kappa shape index (κ3) is 4.54. The number of halogens is 1. The van der Waals surface area contributed by atoms with Gasteiger partial charge in [0.25, 0.3) is 10.0 Å². The minimum atomic E-state index is -3.54. The number of rotatable bonds is 7. The molecule has 0 fully saturated rings. The van der Waals surface area contributed by atoms with E-state index in [1.807, 2.05) is 12.1 Å². The summed E-state index contributed by atoms with van der Waals surface area (Å²) in [5.74, 6) is 0.475. The number of hydrogen-bond acceptors (Lipinski definition) is 3. The van der Waals surface area contributed by atoms with E-state index in [0.29, 0.717) is 15.8 Å². The molecule has 2 aromatic rings. The Morgan fingerprint density at radius 3 is 2.04 bits per heavy atom. The fourth-order valence-corrected chi connectivity index (χ4v) is 4.88. The molecule has 0 aliphatic heterocycles. The highest BCUT2D eigenvalue weighted by Crippen LogP contribution is 2.30. The highest BCUT2D eigenvalue weighted by Gasteiger charge is 2.22. The summed E-state index contributed by atoms with van der Waals surface area (Å²) < 4.78 is 26.7. The highest BCUT2D eigenvalue weighted by atomic mass is 35.5. The molecule has 0 spiro atoms. The predicted molar refractivity (Wildman–Crippen MR) is 102 cm³/mol. The molecule has 6 heteroatoms. The number of benzene rings is 2. The number of sulfonamides is 1. The zero-order chi connectivity index (χ0) is 17.7. The summed E-state index contributed by atoms with van der Waals surface area (Å²) in [6.45, 7) is 4.30. The maximum absolute atomic E-state index is 12.7. The standard InChI is InChI=1S/C18H22ClNO2S2/c1-4-14(5-2)15-6-12-18(13-7-15)24(21,22)20(3)23-17-10-8-16(19)9-11-17/h6-14H,4-5H2,1-3H3. The molecule has 2 aromatic carbocycles. The van der Waals surface area contributed by atoms with Crippen molar-refractivity contribution in [2.24, 2.45) is 0 Å². The average Bonchev–Trinajstić information content (AvgIpc) is 2.58. The molecule has 0 aliphatic rings. The summed E-state index contributed by atoms with van der Waals surface area (Å²) in [4.78, 5) is 1.13. The van der Waals surface area contributed by atoms with Crippen LogP contribution in [0.2, 0.25) is 5.02 Å². The second kappa shape index (κ2) is 8.39. The van der Waals surface area contributed by atoms with Crippen LogP contribution in [0.5, 0.6) is 0 Å². The minimum absolute atomic E-state index is 0.307. The first-order valence-corrected chi connectivity index (χ1v) is 10.5. The van der Waals surface area contributed by atoms with Gasteiger partial charge in [0, 0.05) is 17.0 Å². The lowest BCUT2D eigenvalue weighted by molar-refractivity contribution is 0.564. The van der Waals surface area contributed by atoms with Crippen molar-refractivity contribution in [1.82, 2.24) is 3.71 Å². The van der Waals surface area contributed by atoms with Gasteiger partial charge in [0.05, 0.1) is 4.90 Å². The fourth-order valence-electron chi connectivity index (χ4n) is 2.51. The summed E-state index contributed by atoms with van der Waals surface area (Å²) >= 11 is 7.02. The smallest absolute Gasteiger partial charge is 0.206 e. The highest BCUT2D eigenvalue weighted by molar-refractivity contribution is 8.08. The van der Waals surface area contributed by atoms with E-state index in [4.69, 9.17) is 11.6 Å². The van der Waals surface area contributed by atoms with Crippen LogP contribution >= 0.6 is 23.5 Å². The van der Waals surface area contributed by atoms with E-state index in [2.05, 4.69) is 13.8 Å². The van der Waals surface area contributed by atoms with Crippen molar-refractivity contribution < 1.29 is 8.42 Å². The summed E-state index contributed by atoms with van der Waals surface area (Å²) in [6, 6.07) is 14.3. The molecule has 0 unspecified atom stereocenters. The lowest BCUT2D eigenvalue weighted by Gasteiger charge is -2.17. The topological polar surface area (TPSA) is 37.4 Å². The maximum Gasteiger partial charge on any atom is 0.252 e. The third-order valence-corrected chi connectivity index (χ3v) is 7.37. The van der Waals surface area contributed by atoms with Crippen LogP contribution in [0.1, 0.15) is 38.2 Å². The molecule has 0 aliphatic carbocycles. The predicted octanol–water partition coefficient (Wildman–Crippen LogP) is 5.57. The lowest BCUT2D eigenvalue weighted by atomic mass is 9.94. The van der Waals surface area contributed by atoms with Crippen LogP contribution in [0.4, 0.5) is 0 Å². The second-order valence-electron chi connectivity index (χ2n) is 5.54. The molecule has 0 saturated heterocycles.